The molecule has 0 aromatic carbocycles. The van der Waals surface area contributed by atoms with Gasteiger partial charge in [-0.1, -0.05) is 58.8 Å². The van der Waals surface area contributed by atoms with E-state index in [1.54, 1.807) is 0 Å². The summed E-state index contributed by atoms with van der Waals surface area (Å²) in [6.45, 7) is 4.70. The zero-order valence-corrected chi connectivity index (χ0v) is 16.5. The average molecular weight is 339 g/mol. The van der Waals surface area contributed by atoms with Gasteiger partial charge in [-0.15, -0.1) is 11.6 Å². The fraction of sp³-hybridized carbons (Fsp3) is 1.00. The van der Waals surface area contributed by atoms with Crippen LogP contribution in [0, 0.1) is 22.7 Å². The van der Waals surface area contributed by atoms with Crippen molar-refractivity contribution >= 4 is 11.6 Å². The molecule has 0 heterocycles. The maximum Gasteiger partial charge on any atom is 0.0395 e. The van der Waals surface area contributed by atoms with Crippen molar-refractivity contribution in [1.82, 2.24) is 0 Å². The first kappa shape index (κ1) is 18.1. The largest absolute Gasteiger partial charge is 0.122 e. The molecule has 0 aliphatic heterocycles. The molecular formula is C22H39Cl. The summed E-state index contributed by atoms with van der Waals surface area (Å²) in [6, 6.07) is 0. The van der Waals surface area contributed by atoms with Crippen LogP contribution in [-0.2, 0) is 0 Å². The predicted molar refractivity (Wildman–Crippen MR) is 102 cm³/mol. The molecule has 134 valence electrons. The van der Waals surface area contributed by atoms with E-state index in [2.05, 4.69) is 13.8 Å². The van der Waals surface area contributed by atoms with E-state index in [-0.39, 0.29) is 0 Å². The summed E-state index contributed by atoms with van der Waals surface area (Å²) >= 11 is 7.09. The monoisotopic (exact) mass is 338 g/mol. The van der Waals surface area contributed by atoms with E-state index in [1.165, 1.54) is 96.3 Å². The highest BCUT2D eigenvalue weighted by atomic mass is 35.5. The van der Waals surface area contributed by atoms with E-state index in [4.69, 9.17) is 11.6 Å². The molecule has 0 amide bonds. The second-order valence-electron chi connectivity index (χ2n) is 9.49. The minimum absolute atomic E-state index is 0.468. The minimum atomic E-state index is 0.468. The van der Waals surface area contributed by atoms with Gasteiger partial charge in [0.05, 0.1) is 0 Å². The number of halogens is 1. The Balaban J connectivity index is 1.49. The van der Waals surface area contributed by atoms with Gasteiger partial charge in [0.15, 0.2) is 0 Å². The summed E-state index contributed by atoms with van der Waals surface area (Å²) in [7, 11) is 0. The first-order valence-electron chi connectivity index (χ1n) is 10.8. The molecule has 4 saturated carbocycles. The van der Waals surface area contributed by atoms with Crippen LogP contribution < -0.4 is 0 Å². The first-order valence-corrected chi connectivity index (χ1v) is 11.2. The van der Waals surface area contributed by atoms with Gasteiger partial charge < -0.3 is 0 Å². The summed E-state index contributed by atoms with van der Waals surface area (Å²) in [5, 5.41) is 0.468. The zero-order chi connectivity index (χ0) is 16.3. The van der Waals surface area contributed by atoms with Gasteiger partial charge in [-0.3, -0.25) is 0 Å². The van der Waals surface area contributed by atoms with Crippen molar-refractivity contribution < 1.29 is 0 Å². The Kier molecular flexibility index (Phi) is 6.03. The predicted octanol–water partition coefficient (Wildman–Crippen LogP) is 7.73. The summed E-state index contributed by atoms with van der Waals surface area (Å²) < 4.78 is 0. The van der Waals surface area contributed by atoms with Crippen LogP contribution in [0.4, 0.5) is 0 Å². The van der Waals surface area contributed by atoms with Crippen molar-refractivity contribution in [2.45, 2.75) is 116 Å². The smallest absolute Gasteiger partial charge is 0.0395 e. The highest BCUT2D eigenvalue weighted by Crippen LogP contribution is 2.61. The normalized spacial score (nSPS) is 41.9. The first-order chi connectivity index (χ1) is 11.1. The molecule has 1 unspecified atom stereocenters. The van der Waals surface area contributed by atoms with E-state index >= 15 is 0 Å². The highest BCUT2D eigenvalue weighted by Gasteiger charge is 2.51. The molecule has 0 aromatic heterocycles. The molecule has 0 N–H and O–H groups in total. The second kappa shape index (κ2) is 7.67. The Morgan fingerprint density at radius 3 is 1.91 bits per heavy atom. The molecule has 2 bridgehead atoms. The van der Waals surface area contributed by atoms with Crippen LogP contribution in [0.25, 0.3) is 0 Å². The van der Waals surface area contributed by atoms with E-state index in [0.29, 0.717) is 10.8 Å². The standard InChI is InChI=1S/C22H39Cl/c1-3-5-18-6-8-19(9-7-18)17-20(23)22-14-11-21(10-4-2,12-15-22)13-16-22/h18-20H,3-17H2,1-2H3/t18-,19-,20?,21?,22?. The quantitative estimate of drug-likeness (QED) is 0.416. The zero-order valence-electron chi connectivity index (χ0n) is 15.7. The third kappa shape index (κ3) is 3.94. The van der Waals surface area contributed by atoms with Gasteiger partial charge in [-0.2, -0.15) is 0 Å². The number of hydrogen-bond donors (Lipinski definition) is 0. The molecule has 4 aliphatic rings. The van der Waals surface area contributed by atoms with Crippen LogP contribution in [-0.4, -0.2) is 5.38 Å². The summed E-state index contributed by atoms with van der Waals surface area (Å²) in [5.41, 5.74) is 1.25. The Hall–Kier alpha value is 0.290. The topological polar surface area (TPSA) is 0 Å². The number of fused-ring (bicyclic) bond motifs is 3. The van der Waals surface area contributed by atoms with Crippen LogP contribution in [0.3, 0.4) is 0 Å². The molecule has 0 radical (unpaired) electrons. The Bertz CT molecular complexity index is 342. The average Bonchev–Trinajstić information content (AvgIpc) is 2.58. The molecule has 1 atom stereocenters. The lowest BCUT2D eigenvalue weighted by Gasteiger charge is -2.56. The fourth-order valence-electron chi connectivity index (χ4n) is 6.37. The molecule has 0 aromatic rings. The van der Waals surface area contributed by atoms with Crippen LogP contribution in [0.15, 0.2) is 0 Å². The number of rotatable bonds is 7. The van der Waals surface area contributed by atoms with Crippen LogP contribution in [0.1, 0.15) is 110 Å². The van der Waals surface area contributed by atoms with E-state index in [1.807, 2.05) is 0 Å². The van der Waals surface area contributed by atoms with Gasteiger partial charge in [0, 0.05) is 5.38 Å². The SMILES string of the molecule is CCCC12CCC(C(Cl)C[C@H]3CC[C@H](CCC)CC3)(CC1)CC2. The van der Waals surface area contributed by atoms with Crippen molar-refractivity contribution in [2.75, 3.05) is 0 Å². The van der Waals surface area contributed by atoms with Crippen molar-refractivity contribution in [2.24, 2.45) is 22.7 Å². The fourth-order valence-corrected chi connectivity index (χ4v) is 6.95. The lowest BCUT2D eigenvalue weighted by atomic mass is 9.51. The maximum atomic E-state index is 7.09. The van der Waals surface area contributed by atoms with Crippen molar-refractivity contribution in [3.05, 3.63) is 0 Å². The lowest BCUT2D eigenvalue weighted by Crippen LogP contribution is -2.46. The van der Waals surface area contributed by atoms with E-state index < -0.39 is 0 Å². The van der Waals surface area contributed by atoms with Crippen LogP contribution in [0.2, 0.25) is 0 Å². The molecular weight excluding hydrogens is 300 g/mol. The molecule has 4 rings (SSSR count). The molecule has 4 aliphatic carbocycles. The Morgan fingerprint density at radius 2 is 1.39 bits per heavy atom. The molecule has 0 saturated heterocycles. The lowest BCUT2D eigenvalue weighted by molar-refractivity contribution is -0.0213. The Morgan fingerprint density at radius 1 is 0.826 bits per heavy atom. The van der Waals surface area contributed by atoms with Gasteiger partial charge in [-0.25, -0.2) is 0 Å². The molecule has 0 nitrogen and oxygen atoms in total. The highest BCUT2D eigenvalue weighted by molar-refractivity contribution is 6.21. The summed E-state index contributed by atoms with van der Waals surface area (Å²) in [6.07, 6.45) is 21.6. The van der Waals surface area contributed by atoms with Crippen molar-refractivity contribution in [3.63, 3.8) is 0 Å². The maximum absolute atomic E-state index is 7.09. The number of hydrogen-bond acceptors (Lipinski definition) is 0. The molecule has 4 fully saturated rings. The van der Waals surface area contributed by atoms with Crippen LogP contribution >= 0.6 is 11.6 Å². The number of alkyl halides is 1. The van der Waals surface area contributed by atoms with Crippen molar-refractivity contribution in [3.8, 4) is 0 Å². The van der Waals surface area contributed by atoms with Gasteiger partial charge >= 0.3 is 0 Å². The van der Waals surface area contributed by atoms with E-state index in [9.17, 15) is 0 Å². The Labute approximate surface area is 150 Å². The van der Waals surface area contributed by atoms with Gasteiger partial charge in [0.1, 0.15) is 0 Å². The summed E-state index contributed by atoms with van der Waals surface area (Å²) in [4.78, 5) is 0. The van der Waals surface area contributed by atoms with Gasteiger partial charge in [0.2, 0.25) is 0 Å². The minimum Gasteiger partial charge on any atom is -0.122 e. The summed E-state index contributed by atoms with van der Waals surface area (Å²) in [5.74, 6) is 1.96. The van der Waals surface area contributed by atoms with Crippen molar-refractivity contribution in [1.29, 1.82) is 0 Å². The second-order valence-corrected chi connectivity index (χ2v) is 10.0. The molecule has 1 heteroatoms. The molecule has 0 spiro atoms. The van der Waals surface area contributed by atoms with Gasteiger partial charge in [0.25, 0.3) is 0 Å². The van der Waals surface area contributed by atoms with Gasteiger partial charge in [-0.05, 0) is 74.0 Å². The third-order valence-electron chi connectivity index (χ3n) is 8.11. The molecule has 23 heavy (non-hydrogen) atoms. The van der Waals surface area contributed by atoms with E-state index in [0.717, 1.165) is 17.3 Å². The third-order valence-corrected chi connectivity index (χ3v) is 8.75. The van der Waals surface area contributed by atoms with Crippen LogP contribution in [0.5, 0.6) is 0 Å².